The smallest absolute Gasteiger partial charge is 0.141 e. The molecule has 2 nitrogen and oxygen atoms in total. The average molecular weight is 441 g/mol. The highest BCUT2D eigenvalue weighted by atomic mass is 16.3. The molecule has 32 heavy (non-hydrogen) atoms. The minimum absolute atomic E-state index is 0.0239. The van der Waals surface area contributed by atoms with Crippen LogP contribution in [0.25, 0.3) is 0 Å². The van der Waals surface area contributed by atoms with Crippen molar-refractivity contribution in [1.29, 1.82) is 0 Å². The van der Waals surface area contributed by atoms with Crippen molar-refractivity contribution in [3.63, 3.8) is 0 Å². The van der Waals surface area contributed by atoms with Crippen LogP contribution in [0.15, 0.2) is 12.2 Å². The maximum atomic E-state index is 13.0. The van der Waals surface area contributed by atoms with Crippen molar-refractivity contribution in [3.8, 4) is 0 Å². The zero-order valence-electron chi connectivity index (χ0n) is 21.7. The Bertz CT molecular complexity index is 831. The van der Waals surface area contributed by atoms with Crippen LogP contribution in [-0.4, -0.2) is 17.5 Å². The molecule has 0 aromatic rings. The van der Waals surface area contributed by atoms with E-state index in [-0.39, 0.29) is 12.0 Å². The van der Waals surface area contributed by atoms with E-state index in [9.17, 15) is 9.90 Å². The van der Waals surface area contributed by atoms with E-state index in [4.69, 9.17) is 0 Å². The summed E-state index contributed by atoms with van der Waals surface area (Å²) in [4.78, 5) is 13.0. The first-order chi connectivity index (χ1) is 14.9. The van der Waals surface area contributed by atoms with Crippen LogP contribution in [0.3, 0.4) is 0 Å². The van der Waals surface area contributed by atoms with Crippen molar-refractivity contribution < 1.29 is 9.90 Å². The first-order valence-corrected chi connectivity index (χ1v) is 13.7. The molecule has 5 saturated carbocycles. The molecule has 0 amide bonds. The highest BCUT2D eigenvalue weighted by Crippen LogP contribution is 2.77. The van der Waals surface area contributed by atoms with Gasteiger partial charge >= 0.3 is 0 Å². The monoisotopic (exact) mass is 440 g/mol. The van der Waals surface area contributed by atoms with Gasteiger partial charge in [-0.1, -0.05) is 46.8 Å². The van der Waals surface area contributed by atoms with Crippen molar-refractivity contribution in [3.05, 3.63) is 12.2 Å². The molecule has 0 bridgehead atoms. The van der Waals surface area contributed by atoms with Crippen molar-refractivity contribution in [1.82, 2.24) is 0 Å². The number of fused-ring (bicyclic) bond motifs is 7. The minimum atomic E-state index is -0.534. The summed E-state index contributed by atoms with van der Waals surface area (Å²) in [6.45, 7) is 19.3. The van der Waals surface area contributed by atoms with E-state index in [0.29, 0.717) is 46.2 Å². The molecule has 4 unspecified atom stereocenters. The molecule has 0 aromatic heterocycles. The number of Topliss-reactive ketones (excluding diaryl/α,β-unsaturated/α-hetero) is 1. The van der Waals surface area contributed by atoms with E-state index in [1.54, 1.807) is 0 Å². The van der Waals surface area contributed by atoms with Crippen LogP contribution < -0.4 is 0 Å². The predicted molar refractivity (Wildman–Crippen MR) is 131 cm³/mol. The number of carbonyl (C=O) groups excluding carboxylic acids is 1. The maximum Gasteiger partial charge on any atom is 0.141 e. The molecule has 10 atom stereocenters. The lowest BCUT2D eigenvalue weighted by atomic mass is 9.32. The van der Waals surface area contributed by atoms with Gasteiger partial charge in [0.15, 0.2) is 0 Å². The summed E-state index contributed by atoms with van der Waals surface area (Å²) >= 11 is 0. The summed E-state index contributed by atoms with van der Waals surface area (Å²) in [7, 11) is 0. The van der Waals surface area contributed by atoms with Crippen LogP contribution in [0.5, 0.6) is 0 Å². The molecular formula is C30H48O2. The van der Waals surface area contributed by atoms with Crippen LogP contribution in [0, 0.1) is 56.7 Å². The number of ketones is 1. The second kappa shape index (κ2) is 6.96. The van der Waals surface area contributed by atoms with E-state index in [1.807, 2.05) is 0 Å². The number of hydrogen-bond acceptors (Lipinski definition) is 2. The van der Waals surface area contributed by atoms with E-state index in [2.05, 4.69) is 48.1 Å². The van der Waals surface area contributed by atoms with E-state index in [0.717, 1.165) is 24.7 Å². The molecular weight excluding hydrogens is 392 g/mol. The molecule has 0 aliphatic heterocycles. The largest absolute Gasteiger partial charge is 0.395 e. The van der Waals surface area contributed by atoms with Gasteiger partial charge in [0, 0.05) is 6.42 Å². The van der Waals surface area contributed by atoms with E-state index < -0.39 is 5.41 Å². The lowest BCUT2D eigenvalue weighted by Gasteiger charge is -2.72. The molecule has 5 rings (SSSR count). The van der Waals surface area contributed by atoms with Crippen LogP contribution in [-0.2, 0) is 4.79 Å². The fraction of sp³-hybridized carbons (Fsp3) is 0.900. The van der Waals surface area contributed by atoms with Gasteiger partial charge in [0.1, 0.15) is 5.78 Å². The van der Waals surface area contributed by atoms with Crippen molar-refractivity contribution in [2.24, 2.45) is 56.7 Å². The topological polar surface area (TPSA) is 37.3 Å². The van der Waals surface area contributed by atoms with Gasteiger partial charge in [0.05, 0.1) is 12.0 Å². The van der Waals surface area contributed by atoms with Gasteiger partial charge in [-0.3, -0.25) is 4.79 Å². The summed E-state index contributed by atoms with van der Waals surface area (Å²) in [5.41, 5.74) is 2.29. The number of carbonyl (C=O) groups is 1. The zero-order valence-corrected chi connectivity index (χ0v) is 21.7. The highest BCUT2D eigenvalue weighted by Gasteiger charge is 2.70. The molecule has 5 aliphatic rings. The number of aliphatic hydroxyl groups is 1. The van der Waals surface area contributed by atoms with E-state index in [1.165, 1.54) is 50.5 Å². The first kappa shape index (κ1) is 23.1. The normalized spacial score (nSPS) is 57.2. The van der Waals surface area contributed by atoms with Crippen molar-refractivity contribution in [2.45, 2.75) is 106 Å². The second-order valence-electron chi connectivity index (χ2n) is 14.3. The van der Waals surface area contributed by atoms with Gasteiger partial charge in [-0.15, -0.1) is 0 Å². The number of allylic oxidation sites excluding steroid dienone is 1. The fourth-order valence-corrected chi connectivity index (χ4v) is 11.3. The van der Waals surface area contributed by atoms with Gasteiger partial charge in [-0.05, 0) is 116 Å². The Morgan fingerprint density at radius 3 is 2.28 bits per heavy atom. The molecule has 2 heteroatoms. The Labute approximate surface area is 197 Å². The Morgan fingerprint density at radius 1 is 0.906 bits per heavy atom. The Hall–Kier alpha value is -0.630. The van der Waals surface area contributed by atoms with Crippen LogP contribution in [0.1, 0.15) is 106 Å². The molecule has 0 radical (unpaired) electrons. The number of rotatable bonds is 2. The zero-order chi connectivity index (χ0) is 23.3. The summed E-state index contributed by atoms with van der Waals surface area (Å²) < 4.78 is 0. The second-order valence-corrected chi connectivity index (χ2v) is 14.3. The molecule has 0 spiro atoms. The van der Waals surface area contributed by atoms with Gasteiger partial charge in [0.2, 0.25) is 0 Å². The Kier molecular flexibility index (Phi) is 5.03. The van der Waals surface area contributed by atoms with Crippen molar-refractivity contribution >= 4 is 5.78 Å². The number of hydrogen-bond donors (Lipinski definition) is 1. The maximum absolute atomic E-state index is 13.0. The molecule has 180 valence electrons. The standard InChI is InChI=1S/C30H48O2/c1-19(2)20-10-13-26(3)16-17-29(6)21(25(20)26)8-9-23-27(4)14-12-24(32)28(5,18-31)22(27)11-15-30(23,29)7/h20-23,25,31H,1,8-18H2,2-7H3/t20-,21?,22?,23?,25?,26+,27-,28-,29+,30+/m0/s1. The molecule has 0 saturated heterocycles. The van der Waals surface area contributed by atoms with Gasteiger partial charge in [-0.2, -0.15) is 0 Å². The van der Waals surface area contributed by atoms with Crippen LogP contribution in [0.2, 0.25) is 0 Å². The van der Waals surface area contributed by atoms with Crippen LogP contribution in [0.4, 0.5) is 0 Å². The third-order valence-electron chi connectivity index (χ3n) is 13.4. The lowest BCUT2D eigenvalue weighted by Crippen LogP contribution is -2.66. The molecule has 5 aliphatic carbocycles. The third kappa shape index (κ3) is 2.60. The molecule has 0 aromatic carbocycles. The number of aliphatic hydroxyl groups excluding tert-OH is 1. The lowest BCUT2D eigenvalue weighted by molar-refractivity contribution is -0.236. The Morgan fingerprint density at radius 2 is 1.62 bits per heavy atom. The molecule has 1 N–H and O–H groups in total. The first-order valence-electron chi connectivity index (χ1n) is 13.7. The van der Waals surface area contributed by atoms with Gasteiger partial charge in [-0.25, -0.2) is 0 Å². The van der Waals surface area contributed by atoms with Crippen molar-refractivity contribution in [2.75, 3.05) is 6.61 Å². The quantitative estimate of drug-likeness (QED) is 0.461. The summed E-state index contributed by atoms with van der Waals surface area (Å²) in [6, 6.07) is 0. The van der Waals surface area contributed by atoms with Crippen LogP contribution >= 0.6 is 0 Å². The molecule has 0 heterocycles. The average Bonchev–Trinajstić information content (AvgIpc) is 3.09. The highest BCUT2D eigenvalue weighted by molar-refractivity contribution is 5.86. The van der Waals surface area contributed by atoms with Gasteiger partial charge < -0.3 is 5.11 Å². The third-order valence-corrected chi connectivity index (χ3v) is 13.4. The minimum Gasteiger partial charge on any atom is -0.395 e. The predicted octanol–water partition coefficient (Wildman–Crippen LogP) is 7.21. The SMILES string of the molecule is C=C(C)[C@@H]1CC[C@]2(C)CC[C@]3(C)C(CCC4[C@@]5(C)CCC(=O)[C@@](C)(CO)C5CC[C@]43C)C12. The summed E-state index contributed by atoms with van der Waals surface area (Å²) in [5.74, 6) is 3.64. The summed E-state index contributed by atoms with van der Waals surface area (Å²) in [5, 5.41) is 10.4. The fourth-order valence-electron chi connectivity index (χ4n) is 11.3. The van der Waals surface area contributed by atoms with Gasteiger partial charge in [0.25, 0.3) is 0 Å². The summed E-state index contributed by atoms with van der Waals surface area (Å²) in [6.07, 6.45) is 12.2. The van der Waals surface area contributed by atoms with E-state index >= 15 is 0 Å². The Balaban J connectivity index is 1.55. The molecule has 5 fully saturated rings.